The Balaban J connectivity index is 2.25. The number of para-hydroxylation sites is 1. The van der Waals surface area contributed by atoms with Gasteiger partial charge in [-0.15, -0.1) is 0 Å². The van der Waals surface area contributed by atoms with Crippen LogP contribution < -0.4 is 4.90 Å². The van der Waals surface area contributed by atoms with E-state index in [1.807, 2.05) is 18.2 Å². The summed E-state index contributed by atoms with van der Waals surface area (Å²) in [6, 6.07) is 10.3. The van der Waals surface area contributed by atoms with Gasteiger partial charge in [-0.05, 0) is 18.6 Å². The highest BCUT2D eigenvalue weighted by molar-refractivity contribution is 5.52. The summed E-state index contributed by atoms with van der Waals surface area (Å²) in [7, 11) is 0. The molecular weight excluding hydrogens is 146 g/mol. The number of hydrogen-bond donors (Lipinski definition) is 0. The Bertz CT molecular complexity index is 286. The van der Waals surface area contributed by atoms with Gasteiger partial charge in [0.2, 0.25) is 0 Å². The summed E-state index contributed by atoms with van der Waals surface area (Å²) in [6.45, 7) is 0. The van der Waals surface area contributed by atoms with Crippen molar-refractivity contribution in [3.8, 4) is 0 Å². The lowest BCUT2D eigenvalue weighted by molar-refractivity contribution is 1.18. The zero-order valence-electron chi connectivity index (χ0n) is 6.85. The zero-order valence-corrected chi connectivity index (χ0v) is 6.85. The Morgan fingerprint density at radius 3 is 2.25 bits per heavy atom. The number of anilines is 1. The Morgan fingerprint density at radius 1 is 0.917 bits per heavy atom. The third-order valence-electron chi connectivity index (χ3n) is 1.86. The molecule has 0 N–H and O–H groups in total. The van der Waals surface area contributed by atoms with Crippen LogP contribution in [-0.4, -0.2) is 0 Å². The van der Waals surface area contributed by atoms with Gasteiger partial charge in [-0.2, -0.15) is 0 Å². The van der Waals surface area contributed by atoms with Crippen molar-refractivity contribution in [3.05, 3.63) is 54.9 Å². The molecule has 1 aliphatic heterocycles. The fraction of sp³-hybridized carbons (Fsp3) is 0.0909. The summed E-state index contributed by atoms with van der Waals surface area (Å²) < 4.78 is 0. The number of hydrogen-bond acceptors (Lipinski definition) is 1. The van der Waals surface area contributed by atoms with Gasteiger partial charge in [-0.1, -0.05) is 30.4 Å². The van der Waals surface area contributed by atoms with Crippen LogP contribution in [0.5, 0.6) is 0 Å². The second kappa shape index (κ2) is 3.26. The molecule has 2 rings (SSSR count). The van der Waals surface area contributed by atoms with E-state index in [1.54, 1.807) is 0 Å². The largest absolute Gasteiger partial charge is 0.324 e. The molecule has 1 aromatic carbocycles. The molecule has 0 aromatic heterocycles. The van der Waals surface area contributed by atoms with Crippen molar-refractivity contribution in [3.63, 3.8) is 0 Å². The third-order valence-corrected chi connectivity index (χ3v) is 1.86. The normalized spacial score (nSPS) is 15.2. The lowest BCUT2D eigenvalue weighted by Gasteiger charge is -2.17. The van der Waals surface area contributed by atoms with E-state index >= 15 is 0 Å². The molecule has 60 valence electrons. The van der Waals surface area contributed by atoms with E-state index in [9.17, 15) is 0 Å². The maximum Gasteiger partial charge on any atom is 0.0449 e. The van der Waals surface area contributed by atoms with Gasteiger partial charge in [-0.3, -0.25) is 0 Å². The van der Waals surface area contributed by atoms with Gasteiger partial charge in [0.25, 0.3) is 0 Å². The van der Waals surface area contributed by atoms with E-state index in [1.165, 1.54) is 5.69 Å². The third kappa shape index (κ3) is 1.40. The van der Waals surface area contributed by atoms with Gasteiger partial charge >= 0.3 is 0 Å². The van der Waals surface area contributed by atoms with Gasteiger partial charge in [0.05, 0.1) is 0 Å². The van der Waals surface area contributed by atoms with Gasteiger partial charge < -0.3 is 4.90 Å². The monoisotopic (exact) mass is 157 g/mol. The first-order valence-electron chi connectivity index (χ1n) is 4.13. The van der Waals surface area contributed by atoms with Crippen LogP contribution in [0.3, 0.4) is 0 Å². The van der Waals surface area contributed by atoms with Crippen LogP contribution in [0.2, 0.25) is 0 Å². The van der Waals surface area contributed by atoms with Crippen LogP contribution in [0.1, 0.15) is 6.42 Å². The molecule has 0 fully saturated rings. The zero-order chi connectivity index (χ0) is 8.23. The van der Waals surface area contributed by atoms with E-state index in [2.05, 4.69) is 41.6 Å². The first-order valence-corrected chi connectivity index (χ1v) is 4.13. The maximum absolute atomic E-state index is 2.15. The molecule has 0 bridgehead atoms. The SMILES string of the molecule is C1=CN(c2ccccc2)C=CC1. The molecule has 12 heavy (non-hydrogen) atoms. The molecule has 1 aromatic rings. The standard InChI is InChI=1S/C11H11N/c1-3-7-11(8-4-1)12-9-5-2-6-10-12/h1,3-10H,2H2. The summed E-state index contributed by atoms with van der Waals surface area (Å²) in [4.78, 5) is 2.11. The topological polar surface area (TPSA) is 3.24 Å². The average molecular weight is 157 g/mol. The lowest BCUT2D eigenvalue weighted by Crippen LogP contribution is -2.08. The van der Waals surface area contributed by atoms with Crippen LogP contribution in [-0.2, 0) is 0 Å². The number of allylic oxidation sites excluding steroid dienone is 2. The smallest absolute Gasteiger partial charge is 0.0449 e. The molecule has 0 atom stereocenters. The first-order chi connectivity index (χ1) is 5.97. The first kappa shape index (κ1) is 7.17. The fourth-order valence-electron chi connectivity index (χ4n) is 1.25. The van der Waals surface area contributed by atoms with Crippen molar-refractivity contribution in [2.24, 2.45) is 0 Å². The second-order valence-corrected chi connectivity index (χ2v) is 2.75. The molecule has 0 saturated heterocycles. The van der Waals surface area contributed by atoms with Crippen LogP contribution in [0.4, 0.5) is 5.69 Å². The number of rotatable bonds is 1. The predicted octanol–water partition coefficient (Wildman–Crippen LogP) is 2.92. The van der Waals surface area contributed by atoms with Crippen LogP contribution in [0.25, 0.3) is 0 Å². The Labute approximate surface area is 72.6 Å². The summed E-state index contributed by atoms with van der Waals surface area (Å²) in [5.74, 6) is 0. The quantitative estimate of drug-likeness (QED) is 0.605. The summed E-state index contributed by atoms with van der Waals surface area (Å²) in [6.07, 6.45) is 9.52. The molecule has 0 unspecified atom stereocenters. The minimum atomic E-state index is 1.04. The van der Waals surface area contributed by atoms with Crippen LogP contribution >= 0.6 is 0 Å². The highest BCUT2D eigenvalue weighted by Crippen LogP contribution is 2.16. The van der Waals surface area contributed by atoms with E-state index in [4.69, 9.17) is 0 Å². The maximum atomic E-state index is 2.15. The van der Waals surface area contributed by atoms with Crippen molar-refractivity contribution in [1.29, 1.82) is 0 Å². The van der Waals surface area contributed by atoms with Crippen LogP contribution in [0, 0.1) is 0 Å². The fourth-order valence-corrected chi connectivity index (χ4v) is 1.25. The van der Waals surface area contributed by atoms with Gasteiger partial charge in [0.15, 0.2) is 0 Å². The van der Waals surface area contributed by atoms with Crippen molar-refractivity contribution < 1.29 is 0 Å². The van der Waals surface area contributed by atoms with E-state index in [-0.39, 0.29) is 0 Å². The average Bonchev–Trinajstić information content (AvgIpc) is 2.21. The molecule has 1 nitrogen and oxygen atoms in total. The Morgan fingerprint density at radius 2 is 1.58 bits per heavy atom. The highest BCUT2D eigenvalue weighted by Gasteiger charge is 1.98. The molecular formula is C11H11N. The molecule has 0 spiro atoms. The van der Waals surface area contributed by atoms with Gasteiger partial charge in [0.1, 0.15) is 0 Å². The van der Waals surface area contributed by atoms with E-state index in [0.29, 0.717) is 0 Å². The molecule has 1 heterocycles. The Kier molecular flexibility index (Phi) is 1.95. The molecule has 0 aliphatic carbocycles. The summed E-state index contributed by atoms with van der Waals surface area (Å²) in [5, 5.41) is 0. The minimum Gasteiger partial charge on any atom is -0.324 e. The lowest BCUT2D eigenvalue weighted by atomic mass is 10.2. The highest BCUT2D eigenvalue weighted by atomic mass is 15.1. The summed E-state index contributed by atoms with van der Waals surface area (Å²) >= 11 is 0. The van der Waals surface area contributed by atoms with E-state index < -0.39 is 0 Å². The van der Waals surface area contributed by atoms with Crippen LogP contribution in [0.15, 0.2) is 54.9 Å². The number of benzene rings is 1. The molecule has 0 saturated carbocycles. The summed E-state index contributed by atoms with van der Waals surface area (Å²) in [5.41, 5.74) is 1.21. The van der Waals surface area contributed by atoms with Gasteiger partial charge in [-0.25, -0.2) is 0 Å². The molecule has 1 heteroatoms. The second-order valence-electron chi connectivity index (χ2n) is 2.75. The molecule has 1 aliphatic rings. The number of nitrogens with zero attached hydrogens (tertiary/aromatic N) is 1. The molecule has 0 amide bonds. The minimum absolute atomic E-state index is 1.04. The molecule has 0 radical (unpaired) electrons. The Hall–Kier alpha value is -1.50. The van der Waals surface area contributed by atoms with Gasteiger partial charge in [0, 0.05) is 18.1 Å². The predicted molar refractivity (Wildman–Crippen MR) is 51.8 cm³/mol. The van der Waals surface area contributed by atoms with Crippen molar-refractivity contribution >= 4 is 5.69 Å². The van der Waals surface area contributed by atoms with E-state index in [0.717, 1.165) is 6.42 Å². The van der Waals surface area contributed by atoms with Crippen molar-refractivity contribution in [2.45, 2.75) is 6.42 Å². The van der Waals surface area contributed by atoms with Crippen molar-refractivity contribution in [1.82, 2.24) is 0 Å². The van der Waals surface area contributed by atoms with Crippen molar-refractivity contribution in [2.75, 3.05) is 4.90 Å².